The highest BCUT2D eigenvalue weighted by Gasteiger charge is 2.29. The monoisotopic (exact) mass is 348 g/mol. The van der Waals surface area contributed by atoms with Crippen molar-refractivity contribution in [3.05, 3.63) is 58.9 Å². The number of aromatic nitrogens is 1. The minimum absolute atomic E-state index is 0.285. The van der Waals surface area contributed by atoms with Gasteiger partial charge in [-0.15, -0.1) is 0 Å². The highest BCUT2D eigenvalue weighted by molar-refractivity contribution is 7.91. The minimum Gasteiger partial charge on any atom is -0.344 e. The maximum atomic E-state index is 12.6. The molecule has 0 bridgehead atoms. The third-order valence-corrected chi connectivity index (χ3v) is 6.10. The van der Waals surface area contributed by atoms with Crippen LogP contribution in [0.5, 0.6) is 0 Å². The first-order chi connectivity index (χ1) is 11.1. The Morgan fingerprint density at radius 3 is 2.12 bits per heavy atom. The molecule has 5 nitrogen and oxygen atoms in total. The largest absolute Gasteiger partial charge is 0.344 e. The summed E-state index contributed by atoms with van der Waals surface area (Å²) < 4.78 is 25.9. The number of carbonyl (C=O) groups is 1. The van der Waals surface area contributed by atoms with Crippen LogP contribution in [-0.4, -0.2) is 30.4 Å². The number of amides is 1. The van der Waals surface area contributed by atoms with Crippen molar-refractivity contribution in [3.63, 3.8) is 0 Å². The maximum Gasteiger partial charge on any atom is 0.268 e. The topological polar surface area (TPSA) is 68.2 Å². The first kappa shape index (κ1) is 18.3. The lowest BCUT2D eigenvalue weighted by molar-refractivity contribution is 0.0928. The van der Waals surface area contributed by atoms with Crippen LogP contribution >= 0.6 is 0 Å². The summed E-state index contributed by atoms with van der Waals surface area (Å²) in [6.45, 7) is 5.49. The average molecular weight is 348 g/mol. The summed E-state index contributed by atoms with van der Waals surface area (Å²) in [7, 11) is -1.50. The molecule has 1 aromatic heterocycles. The van der Waals surface area contributed by atoms with Crippen LogP contribution in [0.3, 0.4) is 0 Å². The van der Waals surface area contributed by atoms with Gasteiger partial charge in [0.25, 0.3) is 5.91 Å². The SMILES string of the molecule is Cc1ccc([C@H](NC(=O)c2ccc(C)n2C)[C@H](C)S(C)(=O)=O)cc1. The zero-order valence-electron chi connectivity index (χ0n) is 14.7. The predicted octanol–water partition coefficient (Wildman–Crippen LogP) is 2.55. The molecule has 0 radical (unpaired) electrons. The Morgan fingerprint density at radius 1 is 1.08 bits per heavy atom. The number of benzene rings is 1. The number of nitrogens with zero attached hydrogens (tertiary/aromatic N) is 1. The molecule has 6 heteroatoms. The van der Waals surface area contributed by atoms with E-state index in [-0.39, 0.29) is 5.91 Å². The molecule has 0 unspecified atom stereocenters. The number of rotatable bonds is 5. The number of carbonyl (C=O) groups excluding carboxylic acids is 1. The molecule has 0 saturated carbocycles. The molecule has 1 heterocycles. The van der Waals surface area contributed by atoms with E-state index in [0.29, 0.717) is 5.69 Å². The van der Waals surface area contributed by atoms with E-state index in [1.165, 1.54) is 6.26 Å². The number of nitrogens with one attached hydrogen (secondary N) is 1. The first-order valence-corrected chi connectivity index (χ1v) is 9.75. The lowest BCUT2D eigenvalue weighted by Gasteiger charge is -2.25. The first-order valence-electron chi connectivity index (χ1n) is 7.80. The Morgan fingerprint density at radius 2 is 1.67 bits per heavy atom. The molecule has 2 rings (SSSR count). The summed E-state index contributed by atoms with van der Waals surface area (Å²) >= 11 is 0. The highest BCUT2D eigenvalue weighted by Crippen LogP contribution is 2.23. The fourth-order valence-electron chi connectivity index (χ4n) is 2.55. The van der Waals surface area contributed by atoms with Gasteiger partial charge < -0.3 is 9.88 Å². The van der Waals surface area contributed by atoms with Crippen molar-refractivity contribution in [1.82, 2.24) is 9.88 Å². The second kappa shape index (κ2) is 6.81. The van der Waals surface area contributed by atoms with Crippen molar-refractivity contribution in [2.45, 2.75) is 32.1 Å². The Kier molecular flexibility index (Phi) is 5.18. The van der Waals surface area contributed by atoms with Gasteiger partial charge in [-0.3, -0.25) is 4.79 Å². The van der Waals surface area contributed by atoms with Crippen LogP contribution in [-0.2, 0) is 16.9 Å². The lowest BCUT2D eigenvalue weighted by atomic mass is 10.0. The molecule has 1 N–H and O–H groups in total. The molecule has 0 aliphatic carbocycles. The molecule has 0 aliphatic heterocycles. The fourth-order valence-corrected chi connectivity index (χ4v) is 3.27. The zero-order chi connectivity index (χ0) is 18.1. The van der Waals surface area contributed by atoms with Gasteiger partial charge >= 0.3 is 0 Å². The summed E-state index contributed by atoms with van der Waals surface area (Å²) in [4.78, 5) is 12.6. The van der Waals surface area contributed by atoms with Crippen LogP contribution in [0, 0.1) is 13.8 Å². The van der Waals surface area contributed by atoms with Crippen molar-refractivity contribution in [3.8, 4) is 0 Å². The van der Waals surface area contributed by atoms with E-state index < -0.39 is 21.1 Å². The van der Waals surface area contributed by atoms with E-state index in [4.69, 9.17) is 0 Å². The molecule has 0 aliphatic rings. The van der Waals surface area contributed by atoms with E-state index in [0.717, 1.165) is 16.8 Å². The Labute approximate surface area is 143 Å². The second-order valence-electron chi connectivity index (χ2n) is 6.32. The van der Waals surface area contributed by atoms with Crippen molar-refractivity contribution in [2.24, 2.45) is 7.05 Å². The highest BCUT2D eigenvalue weighted by atomic mass is 32.2. The summed E-state index contributed by atoms with van der Waals surface area (Å²) in [5, 5.41) is 2.16. The molecule has 130 valence electrons. The fraction of sp³-hybridized carbons (Fsp3) is 0.389. The second-order valence-corrected chi connectivity index (χ2v) is 8.72. The number of sulfone groups is 1. The van der Waals surface area contributed by atoms with Crippen molar-refractivity contribution in [2.75, 3.05) is 6.26 Å². The number of hydrogen-bond donors (Lipinski definition) is 1. The lowest BCUT2D eigenvalue weighted by Crippen LogP contribution is -2.39. The van der Waals surface area contributed by atoms with E-state index in [2.05, 4.69) is 5.32 Å². The van der Waals surface area contributed by atoms with Crippen LogP contribution in [0.15, 0.2) is 36.4 Å². The van der Waals surface area contributed by atoms with E-state index >= 15 is 0 Å². The van der Waals surface area contributed by atoms with Crippen LogP contribution in [0.1, 0.15) is 40.3 Å². The van der Waals surface area contributed by atoms with Gasteiger partial charge in [-0.05, 0) is 38.5 Å². The molecular formula is C18H24N2O3S. The molecule has 2 atom stereocenters. The molecular weight excluding hydrogens is 324 g/mol. The summed E-state index contributed by atoms with van der Waals surface area (Å²) in [6, 6.07) is 10.5. The Bertz CT molecular complexity index is 836. The van der Waals surface area contributed by atoms with Gasteiger partial charge in [0, 0.05) is 19.0 Å². The quantitative estimate of drug-likeness (QED) is 0.903. The van der Waals surface area contributed by atoms with E-state index in [1.54, 1.807) is 17.6 Å². The molecule has 2 aromatic rings. The predicted molar refractivity (Wildman–Crippen MR) is 95.8 cm³/mol. The van der Waals surface area contributed by atoms with Gasteiger partial charge in [0.1, 0.15) is 5.69 Å². The van der Waals surface area contributed by atoms with Crippen molar-refractivity contribution >= 4 is 15.7 Å². The molecule has 1 aromatic carbocycles. The Balaban J connectivity index is 2.37. The van der Waals surface area contributed by atoms with Crippen LogP contribution in [0.2, 0.25) is 0 Å². The molecule has 0 spiro atoms. The average Bonchev–Trinajstić information content (AvgIpc) is 2.84. The van der Waals surface area contributed by atoms with E-state index in [1.807, 2.05) is 51.2 Å². The third kappa shape index (κ3) is 3.87. The molecule has 24 heavy (non-hydrogen) atoms. The van der Waals surface area contributed by atoms with Gasteiger partial charge in [-0.2, -0.15) is 0 Å². The van der Waals surface area contributed by atoms with Crippen molar-refractivity contribution < 1.29 is 13.2 Å². The van der Waals surface area contributed by atoms with Crippen LogP contribution < -0.4 is 5.32 Å². The summed E-state index contributed by atoms with van der Waals surface area (Å²) in [5.41, 5.74) is 3.32. The van der Waals surface area contributed by atoms with Gasteiger partial charge in [-0.1, -0.05) is 29.8 Å². The molecule has 0 saturated heterocycles. The summed E-state index contributed by atoms with van der Waals surface area (Å²) in [5.74, 6) is -0.285. The molecule has 0 fully saturated rings. The van der Waals surface area contributed by atoms with Gasteiger partial charge in [0.2, 0.25) is 0 Å². The van der Waals surface area contributed by atoms with Gasteiger partial charge in [0.15, 0.2) is 9.84 Å². The summed E-state index contributed by atoms with van der Waals surface area (Å²) in [6.07, 6.45) is 1.19. The normalized spacial score (nSPS) is 14.2. The zero-order valence-corrected chi connectivity index (χ0v) is 15.5. The smallest absolute Gasteiger partial charge is 0.268 e. The number of hydrogen-bond acceptors (Lipinski definition) is 3. The van der Waals surface area contributed by atoms with Crippen LogP contribution in [0.4, 0.5) is 0 Å². The maximum absolute atomic E-state index is 12.6. The van der Waals surface area contributed by atoms with Gasteiger partial charge in [-0.25, -0.2) is 8.42 Å². The minimum atomic E-state index is -3.31. The third-order valence-electron chi connectivity index (χ3n) is 4.47. The van der Waals surface area contributed by atoms with Crippen molar-refractivity contribution in [1.29, 1.82) is 0 Å². The number of aryl methyl sites for hydroxylation is 2. The van der Waals surface area contributed by atoms with E-state index in [9.17, 15) is 13.2 Å². The van der Waals surface area contributed by atoms with Gasteiger partial charge in [0.05, 0.1) is 11.3 Å². The Hall–Kier alpha value is -2.08. The standard InChI is InChI=1S/C18H24N2O3S/c1-12-6-9-15(10-7-12)17(14(3)24(5,22)23)19-18(21)16-11-8-13(2)20(16)4/h6-11,14,17H,1-5H3,(H,19,21)/t14-,17+/m0/s1. The molecule has 1 amide bonds. The van der Waals surface area contributed by atoms with Crippen LogP contribution in [0.25, 0.3) is 0 Å².